The Kier molecular flexibility index (Phi) is 3.66. The first-order chi connectivity index (χ1) is 6.61. The van der Waals surface area contributed by atoms with Crippen molar-refractivity contribution in [3.63, 3.8) is 0 Å². The van der Waals surface area contributed by atoms with Gasteiger partial charge in [-0.05, 0) is 13.8 Å². The third-order valence-electron chi connectivity index (χ3n) is 1.60. The van der Waals surface area contributed by atoms with Gasteiger partial charge in [0.1, 0.15) is 16.8 Å². The van der Waals surface area contributed by atoms with Gasteiger partial charge in [-0.1, -0.05) is 11.6 Å². The second kappa shape index (κ2) is 4.77. The number of anilines is 1. The molecule has 1 aromatic heterocycles. The SMILES string of the molecule is Cc1nc(Cl)cc(NC(C)CC#N)n1. The van der Waals surface area contributed by atoms with Crippen molar-refractivity contribution in [3.8, 4) is 6.07 Å². The largest absolute Gasteiger partial charge is 0.366 e. The average molecular weight is 211 g/mol. The van der Waals surface area contributed by atoms with Gasteiger partial charge >= 0.3 is 0 Å². The summed E-state index contributed by atoms with van der Waals surface area (Å²) in [6, 6.07) is 3.78. The fraction of sp³-hybridized carbons (Fsp3) is 0.444. The quantitative estimate of drug-likeness (QED) is 0.777. The van der Waals surface area contributed by atoms with E-state index in [0.29, 0.717) is 23.2 Å². The number of nitriles is 1. The fourth-order valence-corrected chi connectivity index (χ4v) is 1.27. The van der Waals surface area contributed by atoms with Gasteiger partial charge in [-0.25, -0.2) is 9.97 Å². The maximum atomic E-state index is 8.48. The first-order valence-electron chi connectivity index (χ1n) is 4.26. The minimum atomic E-state index is 0.0605. The van der Waals surface area contributed by atoms with Crippen molar-refractivity contribution in [2.45, 2.75) is 26.3 Å². The van der Waals surface area contributed by atoms with Crippen molar-refractivity contribution < 1.29 is 0 Å². The number of aryl methyl sites for hydroxylation is 1. The van der Waals surface area contributed by atoms with E-state index in [-0.39, 0.29) is 6.04 Å². The molecule has 0 aliphatic rings. The molecule has 1 heterocycles. The zero-order valence-corrected chi connectivity index (χ0v) is 8.84. The van der Waals surface area contributed by atoms with E-state index < -0.39 is 0 Å². The summed E-state index contributed by atoms with van der Waals surface area (Å²) in [5, 5.41) is 11.9. The molecule has 1 unspecified atom stereocenters. The lowest BCUT2D eigenvalue weighted by molar-refractivity contribution is 0.810. The lowest BCUT2D eigenvalue weighted by Gasteiger charge is -2.11. The fourth-order valence-electron chi connectivity index (χ4n) is 1.05. The van der Waals surface area contributed by atoms with Gasteiger partial charge < -0.3 is 5.32 Å². The van der Waals surface area contributed by atoms with Crippen LogP contribution in [0, 0.1) is 18.3 Å². The molecule has 1 atom stereocenters. The molecule has 14 heavy (non-hydrogen) atoms. The molecule has 0 fully saturated rings. The molecular formula is C9H11ClN4. The highest BCUT2D eigenvalue weighted by Gasteiger charge is 2.04. The molecule has 5 heteroatoms. The second-order valence-corrected chi connectivity index (χ2v) is 3.42. The summed E-state index contributed by atoms with van der Waals surface area (Å²) in [4.78, 5) is 8.08. The molecule has 0 radical (unpaired) electrons. The third-order valence-corrected chi connectivity index (χ3v) is 1.79. The van der Waals surface area contributed by atoms with Crippen LogP contribution < -0.4 is 5.32 Å². The van der Waals surface area contributed by atoms with E-state index in [1.165, 1.54) is 0 Å². The number of rotatable bonds is 3. The molecule has 0 bridgehead atoms. The van der Waals surface area contributed by atoms with Gasteiger partial charge in [-0.15, -0.1) is 0 Å². The van der Waals surface area contributed by atoms with Gasteiger partial charge in [0.15, 0.2) is 0 Å². The van der Waals surface area contributed by atoms with E-state index in [4.69, 9.17) is 16.9 Å². The Hall–Kier alpha value is -1.34. The molecule has 1 aromatic rings. The third kappa shape index (κ3) is 3.19. The molecule has 0 amide bonds. The van der Waals surface area contributed by atoms with E-state index in [1.807, 2.05) is 6.92 Å². The van der Waals surface area contributed by atoms with Crippen molar-refractivity contribution in [2.75, 3.05) is 5.32 Å². The summed E-state index contributed by atoms with van der Waals surface area (Å²) in [5.74, 6) is 1.27. The monoisotopic (exact) mass is 210 g/mol. The normalized spacial score (nSPS) is 11.9. The van der Waals surface area contributed by atoms with Crippen LogP contribution in [0.1, 0.15) is 19.2 Å². The van der Waals surface area contributed by atoms with E-state index in [9.17, 15) is 0 Å². The van der Waals surface area contributed by atoms with E-state index in [0.717, 1.165) is 0 Å². The Labute approximate surface area is 87.9 Å². The van der Waals surface area contributed by atoms with E-state index in [1.54, 1.807) is 13.0 Å². The van der Waals surface area contributed by atoms with Crippen LogP contribution >= 0.6 is 11.6 Å². The highest BCUT2D eigenvalue weighted by Crippen LogP contribution is 2.12. The molecule has 0 aliphatic heterocycles. The van der Waals surface area contributed by atoms with Crippen LogP contribution in [0.15, 0.2) is 6.07 Å². The van der Waals surface area contributed by atoms with Crippen LogP contribution in [-0.2, 0) is 0 Å². The standard InChI is InChI=1S/C9H11ClN4/c1-6(3-4-11)12-9-5-8(10)13-7(2)14-9/h5-6H,3H2,1-2H3,(H,12,13,14). The van der Waals surface area contributed by atoms with Gasteiger partial charge in [-0.2, -0.15) is 5.26 Å². The number of hydrogen-bond donors (Lipinski definition) is 1. The van der Waals surface area contributed by atoms with Crippen molar-refractivity contribution in [2.24, 2.45) is 0 Å². The van der Waals surface area contributed by atoms with Gasteiger partial charge in [0.25, 0.3) is 0 Å². The van der Waals surface area contributed by atoms with Gasteiger partial charge in [0.05, 0.1) is 12.5 Å². The van der Waals surface area contributed by atoms with E-state index in [2.05, 4.69) is 21.4 Å². The molecule has 74 valence electrons. The Balaban J connectivity index is 2.72. The predicted octanol–water partition coefficient (Wildman–Crippen LogP) is 2.15. The van der Waals surface area contributed by atoms with Crippen molar-refractivity contribution >= 4 is 17.4 Å². The van der Waals surface area contributed by atoms with Gasteiger partial charge in [-0.3, -0.25) is 0 Å². The van der Waals surface area contributed by atoms with Crippen LogP contribution in [0.3, 0.4) is 0 Å². The van der Waals surface area contributed by atoms with Crippen molar-refractivity contribution in [3.05, 3.63) is 17.0 Å². The highest BCUT2D eigenvalue weighted by atomic mass is 35.5. The highest BCUT2D eigenvalue weighted by molar-refractivity contribution is 6.29. The first-order valence-corrected chi connectivity index (χ1v) is 4.64. The summed E-state index contributed by atoms with van der Waals surface area (Å²) >= 11 is 5.75. The number of halogens is 1. The topological polar surface area (TPSA) is 61.6 Å². The minimum absolute atomic E-state index is 0.0605. The van der Waals surface area contributed by atoms with Crippen molar-refractivity contribution in [1.29, 1.82) is 5.26 Å². The second-order valence-electron chi connectivity index (χ2n) is 3.03. The molecule has 1 N–H and O–H groups in total. The summed E-state index contributed by atoms with van der Waals surface area (Å²) in [6.07, 6.45) is 0.431. The average Bonchev–Trinajstić information content (AvgIpc) is 2.01. The number of nitrogens with one attached hydrogen (secondary N) is 1. The number of nitrogens with zero attached hydrogens (tertiary/aromatic N) is 3. The van der Waals surface area contributed by atoms with E-state index >= 15 is 0 Å². The number of hydrogen-bond acceptors (Lipinski definition) is 4. The van der Waals surface area contributed by atoms with Crippen LogP contribution in [0.2, 0.25) is 5.15 Å². The Morgan fingerprint density at radius 2 is 2.36 bits per heavy atom. The lowest BCUT2D eigenvalue weighted by Crippen LogP contribution is -2.15. The predicted molar refractivity (Wildman–Crippen MR) is 55.1 cm³/mol. The Morgan fingerprint density at radius 3 is 2.93 bits per heavy atom. The molecule has 0 saturated heterocycles. The van der Waals surface area contributed by atoms with Crippen LogP contribution in [0.4, 0.5) is 5.82 Å². The number of aromatic nitrogens is 2. The molecule has 0 aromatic carbocycles. The Morgan fingerprint density at radius 1 is 1.64 bits per heavy atom. The zero-order chi connectivity index (χ0) is 10.6. The minimum Gasteiger partial charge on any atom is -0.366 e. The van der Waals surface area contributed by atoms with Crippen LogP contribution in [0.5, 0.6) is 0 Å². The maximum absolute atomic E-state index is 8.48. The first kappa shape index (κ1) is 10.7. The summed E-state index contributed by atoms with van der Waals surface area (Å²) in [7, 11) is 0. The molecular weight excluding hydrogens is 200 g/mol. The molecule has 0 spiro atoms. The van der Waals surface area contributed by atoms with Gasteiger partial charge in [0, 0.05) is 12.1 Å². The summed E-state index contributed by atoms with van der Waals surface area (Å²) < 4.78 is 0. The molecule has 4 nitrogen and oxygen atoms in total. The van der Waals surface area contributed by atoms with Gasteiger partial charge in [0.2, 0.25) is 0 Å². The summed E-state index contributed by atoms with van der Waals surface area (Å²) in [5.41, 5.74) is 0. The molecule has 0 saturated carbocycles. The van der Waals surface area contributed by atoms with Crippen molar-refractivity contribution in [1.82, 2.24) is 9.97 Å². The zero-order valence-electron chi connectivity index (χ0n) is 8.08. The molecule has 0 aliphatic carbocycles. The van der Waals surface area contributed by atoms with Crippen LogP contribution in [-0.4, -0.2) is 16.0 Å². The molecule has 1 rings (SSSR count). The summed E-state index contributed by atoms with van der Waals surface area (Å²) in [6.45, 7) is 3.68. The lowest BCUT2D eigenvalue weighted by atomic mass is 10.2. The van der Waals surface area contributed by atoms with Crippen LogP contribution in [0.25, 0.3) is 0 Å². The Bertz CT molecular complexity index is 338. The smallest absolute Gasteiger partial charge is 0.134 e. The maximum Gasteiger partial charge on any atom is 0.134 e.